The van der Waals surface area contributed by atoms with E-state index in [0.29, 0.717) is 22.9 Å². The van der Waals surface area contributed by atoms with Crippen LogP contribution in [0.5, 0.6) is 11.5 Å². The number of rotatable bonds is 4. The lowest BCUT2D eigenvalue weighted by Gasteiger charge is -2.08. The Hall–Kier alpha value is -3.02. The van der Waals surface area contributed by atoms with E-state index in [1.54, 1.807) is 18.2 Å². The van der Waals surface area contributed by atoms with Crippen LogP contribution in [0, 0.1) is 13.8 Å². The van der Waals surface area contributed by atoms with Crippen LogP contribution < -0.4 is 20.1 Å². The molecular formula is C18H18N2O4. The molecule has 124 valence electrons. The molecule has 0 saturated carbocycles. The predicted molar refractivity (Wildman–Crippen MR) is 90.4 cm³/mol. The zero-order valence-electron chi connectivity index (χ0n) is 13.5. The highest BCUT2D eigenvalue weighted by molar-refractivity contribution is 6.08. The number of ether oxygens (including phenoxy) is 2. The third-order valence-corrected chi connectivity index (χ3v) is 3.48. The summed E-state index contributed by atoms with van der Waals surface area (Å²) in [4.78, 5) is 24.0. The average Bonchev–Trinajstić information content (AvgIpc) is 2.93. The van der Waals surface area contributed by atoms with Gasteiger partial charge in [-0.3, -0.25) is 9.59 Å². The minimum Gasteiger partial charge on any atom is -0.454 e. The van der Waals surface area contributed by atoms with Gasteiger partial charge in [-0.2, -0.15) is 0 Å². The van der Waals surface area contributed by atoms with Crippen LogP contribution in [-0.4, -0.2) is 18.6 Å². The SMILES string of the molecule is Cc1cc(C)cc(NC(=O)CC(=O)Nc2ccc3c(c2)OCO3)c1. The maximum absolute atomic E-state index is 12.0. The Morgan fingerprint density at radius 3 is 2.21 bits per heavy atom. The summed E-state index contributed by atoms with van der Waals surface area (Å²) in [5.41, 5.74) is 3.35. The van der Waals surface area contributed by atoms with Crippen LogP contribution in [-0.2, 0) is 9.59 Å². The summed E-state index contributed by atoms with van der Waals surface area (Å²) >= 11 is 0. The molecule has 2 amide bonds. The van der Waals surface area contributed by atoms with E-state index in [9.17, 15) is 9.59 Å². The van der Waals surface area contributed by atoms with Crippen LogP contribution in [0.3, 0.4) is 0 Å². The third-order valence-electron chi connectivity index (χ3n) is 3.48. The molecule has 0 aliphatic carbocycles. The Morgan fingerprint density at radius 2 is 1.50 bits per heavy atom. The fourth-order valence-electron chi connectivity index (χ4n) is 2.58. The van der Waals surface area contributed by atoms with Crippen molar-refractivity contribution < 1.29 is 19.1 Å². The van der Waals surface area contributed by atoms with Gasteiger partial charge >= 0.3 is 0 Å². The van der Waals surface area contributed by atoms with Crippen molar-refractivity contribution in [1.29, 1.82) is 0 Å². The van der Waals surface area contributed by atoms with Crippen LogP contribution in [0.4, 0.5) is 11.4 Å². The fraction of sp³-hybridized carbons (Fsp3) is 0.222. The van der Waals surface area contributed by atoms with E-state index in [0.717, 1.165) is 11.1 Å². The summed E-state index contributed by atoms with van der Waals surface area (Å²) in [6, 6.07) is 10.8. The minimum absolute atomic E-state index is 0.172. The number of benzene rings is 2. The van der Waals surface area contributed by atoms with E-state index in [-0.39, 0.29) is 19.1 Å². The van der Waals surface area contributed by atoms with Crippen molar-refractivity contribution in [2.75, 3.05) is 17.4 Å². The number of fused-ring (bicyclic) bond motifs is 1. The first-order chi connectivity index (χ1) is 11.5. The molecule has 6 nitrogen and oxygen atoms in total. The fourth-order valence-corrected chi connectivity index (χ4v) is 2.58. The van der Waals surface area contributed by atoms with E-state index < -0.39 is 5.91 Å². The van der Waals surface area contributed by atoms with Gasteiger partial charge in [0.05, 0.1) is 0 Å². The molecule has 0 atom stereocenters. The lowest BCUT2D eigenvalue weighted by Crippen LogP contribution is -2.21. The van der Waals surface area contributed by atoms with Crippen LogP contribution in [0.15, 0.2) is 36.4 Å². The molecule has 3 rings (SSSR count). The molecule has 1 aliphatic heterocycles. The summed E-state index contributed by atoms with van der Waals surface area (Å²) in [5, 5.41) is 5.41. The molecular weight excluding hydrogens is 308 g/mol. The summed E-state index contributed by atoms with van der Waals surface area (Å²) in [5.74, 6) is 0.460. The molecule has 0 aromatic heterocycles. The summed E-state index contributed by atoms with van der Waals surface area (Å²) in [6.07, 6.45) is -0.262. The van der Waals surface area contributed by atoms with Gasteiger partial charge in [-0.1, -0.05) is 6.07 Å². The monoisotopic (exact) mass is 326 g/mol. The maximum Gasteiger partial charge on any atom is 0.233 e. The second-order valence-corrected chi connectivity index (χ2v) is 5.72. The molecule has 0 radical (unpaired) electrons. The number of amides is 2. The number of anilines is 2. The number of hydrogen-bond acceptors (Lipinski definition) is 4. The smallest absolute Gasteiger partial charge is 0.233 e. The second-order valence-electron chi connectivity index (χ2n) is 5.72. The number of hydrogen-bond donors (Lipinski definition) is 2. The largest absolute Gasteiger partial charge is 0.454 e. The Bertz CT molecular complexity index is 781. The van der Waals surface area contributed by atoms with E-state index >= 15 is 0 Å². The standard InChI is InChI=1S/C18H18N2O4/c1-11-5-12(2)7-14(6-11)20-18(22)9-17(21)19-13-3-4-15-16(8-13)24-10-23-15/h3-8H,9-10H2,1-2H3,(H,19,21)(H,20,22). The van der Waals surface area contributed by atoms with Gasteiger partial charge in [0.2, 0.25) is 18.6 Å². The Balaban J connectivity index is 1.57. The highest BCUT2D eigenvalue weighted by Gasteiger charge is 2.15. The lowest BCUT2D eigenvalue weighted by molar-refractivity contribution is -0.123. The zero-order chi connectivity index (χ0) is 17.1. The molecule has 2 aromatic carbocycles. The average molecular weight is 326 g/mol. The van der Waals surface area contributed by atoms with Crippen LogP contribution >= 0.6 is 0 Å². The van der Waals surface area contributed by atoms with Gasteiger partial charge in [-0.25, -0.2) is 0 Å². The zero-order valence-corrected chi connectivity index (χ0v) is 13.5. The molecule has 0 unspecified atom stereocenters. The summed E-state index contributed by atoms with van der Waals surface area (Å²) in [7, 11) is 0. The van der Waals surface area contributed by atoms with Gasteiger partial charge in [-0.05, 0) is 49.2 Å². The molecule has 2 N–H and O–H groups in total. The van der Waals surface area contributed by atoms with Gasteiger partial charge in [-0.15, -0.1) is 0 Å². The van der Waals surface area contributed by atoms with Crippen molar-refractivity contribution >= 4 is 23.2 Å². The molecule has 1 heterocycles. The third kappa shape index (κ3) is 3.84. The molecule has 2 aromatic rings. The molecule has 0 fully saturated rings. The van der Waals surface area contributed by atoms with Crippen molar-refractivity contribution in [1.82, 2.24) is 0 Å². The molecule has 0 saturated heterocycles. The topological polar surface area (TPSA) is 76.7 Å². The number of carbonyl (C=O) groups excluding carboxylic acids is 2. The first-order valence-corrected chi connectivity index (χ1v) is 7.57. The van der Waals surface area contributed by atoms with E-state index in [4.69, 9.17) is 9.47 Å². The lowest BCUT2D eigenvalue weighted by atomic mass is 10.1. The van der Waals surface area contributed by atoms with E-state index in [1.165, 1.54) is 0 Å². The molecule has 0 spiro atoms. The van der Waals surface area contributed by atoms with Gasteiger partial charge in [0.15, 0.2) is 11.5 Å². The minimum atomic E-state index is -0.393. The van der Waals surface area contributed by atoms with Crippen LogP contribution in [0.1, 0.15) is 17.5 Å². The van der Waals surface area contributed by atoms with Crippen molar-refractivity contribution in [2.45, 2.75) is 20.3 Å². The Labute approximate surface area is 139 Å². The number of aryl methyl sites for hydroxylation is 2. The van der Waals surface area contributed by atoms with Gasteiger partial charge in [0, 0.05) is 17.4 Å². The maximum atomic E-state index is 12.0. The normalized spacial score (nSPS) is 11.9. The van der Waals surface area contributed by atoms with E-state index in [2.05, 4.69) is 10.6 Å². The summed E-state index contributed by atoms with van der Waals surface area (Å²) < 4.78 is 10.5. The molecule has 6 heteroatoms. The van der Waals surface area contributed by atoms with Gasteiger partial charge in [0.25, 0.3) is 0 Å². The van der Waals surface area contributed by atoms with Crippen LogP contribution in [0.25, 0.3) is 0 Å². The highest BCUT2D eigenvalue weighted by atomic mass is 16.7. The van der Waals surface area contributed by atoms with Gasteiger partial charge in [0.1, 0.15) is 6.42 Å². The quantitative estimate of drug-likeness (QED) is 0.847. The number of carbonyl (C=O) groups is 2. The second kappa shape index (κ2) is 6.62. The molecule has 1 aliphatic rings. The molecule has 0 bridgehead atoms. The van der Waals surface area contributed by atoms with Crippen LogP contribution in [0.2, 0.25) is 0 Å². The van der Waals surface area contributed by atoms with Crippen molar-refractivity contribution in [3.63, 3.8) is 0 Å². The van der Waals surface area contributed by atoms with Crippen molar-refractivity contribution in [2.24, 2.45) is 0 Å². The Morgan fingerprint density at radius 1 is 0.875 bits per heavy atom. The summed E-state index contributed by atoms with van der Waals surface area (Å²) in [6.45, 7) is 4.08. The van der Waals surface area contributed by atoms with Crippen molar-refractivity contribution in [3.05, 3.63) is 47.5 Å². The van der Waals surface area contributed by atoms with E-state index in [1.807, 2.05) is 32.0 Å². The van der Waals surface area contributed by atoms with Crippen molar-refractivity contribution in [3.8, 4) is 11.5 Å². The first kappa shape index (κ1) is 15.9. The number of nitrogens with one attached hydrogen (secondary N) is 2. The molecule has 24 heavy (non-hydrogen) atoms. The highest BCUT2D eigenvalue weighted by Crippen LogP contribution is 2.34. The first-order valence-electron chi connectivity index (χ1n) is 7.57. The predicted octanol–water partition coefficient (Wildman–Crippen LogP) is 3.00. The Kier molecular flexibility index (Phi) is 4.37. The van der Waals surface area contributed by atoms with Gasteiger partial charge < -0.3 is 20.1 Å².